The molecule has 1 aliphatic rings. The molecular formula is C16H17N3O5. The van der Waals surface area contributed by atoms with Gasteiger partial charge in [-0.15, -0.1) is 0 Å². The van der Waals surface area contributed by atoms with E-state index in [9.17, 15) is 9.59 Å². The summed E-state index contributed by atoms with van der Waals surface area (Å²) in [5, 5.41) is 5.86. The number of carbonyl (C=O) groups excluding carboxylic acids is 2. The van der Waals surface area contributed by atoms with Crippen LogP contribution in [0.1, 0.15) is 24.2 Å². The Labute approximate surface area is 138 Å². The highest BCUT2D eigenvalue weighted by molar-refractivity contribution is 6.03. The van der Waals surface area contributed by atoms with Crippen molar-refractivity contribution in [3.63, 3.8) is 0 Å². The Balaban J connectivity index is 2.07. The lowest BCUT2D eigenvalue weighted by atomic mass is 10.1. The number of nitrogens with one attached hydrogen (secondary N) is 2. The Hall–Kier alpha value is -3.03. The lowest BCUT2D eigenvalue weighted by molar-refractivity contribution is 0.0527. The number of hydrogen-bond acceptors (Lipinski definition) is 6. The molecule has 3 rings (SSSR count). The quantitative estimate of drug-likeness (QED) is 0.834. The number of aromatic nitrogens is 1. The van der Waals surface area contributed by atoms with Crippen LogP contribution in [0.4, 0.5) is 10.6 Å². The first-order valence-electron chi connectivity index (χ1n) is 7.58. The van der Waals surface area contributed by atoms with Gasteiger partial charge in [-0.1, -0.05) is 0 Å². The van der Waals surface area contributed by atoms with E-state index in [0.717, 1.165) is 0 Å². The van der Waals surface area contributed by atoms with E-state index < -0.39 is 12.0 Å². The summed E-state index contributed by atoms with van der Waals surface area (Å²) in [6, 6.07) is 4.61. The van der Waals surface area contributed by atoms with Crippen LogP contribution in [0, 0.1) is 0 Å². The summed E-state index contributed by atoms with van der Waals surface area (Å²) in [5.74, 6) is 0.730. The maximum Gasteiger partial charge on any atom is 0.341 e. The molecule has 2 aromatic rings. The second kappa shape index (κ2) is 6.61. The van der Waals surface area contributed by atoms with Crippen molar-refractivity contribution in [3.8, 4) is 11.5 Å². The number of esters is 1. The fraction of sp³-hybridized carbons (Fsp3) is 0.312. The minimum Gasteiger partial charge on any atom is -0.462 e. The van der Waals surface area contributed by atoms with Crippen molar-refractivity contribution >= 4 is 28.7 Å². The smallest absolute Gasteiger partial charge is 0.341 e. The minimum absolute atomic E-state index is 0.130. The molecule has 0 atom stereocenters. The standard InChI is InChI=1S/C16H17N3O5/c1-3-17-16(21)19-14-10(15(20)22-4-2)5-9-6-12-13(24-8-23-12)7-11(9)18-14/h5-7H,3-4,8H2,1-2H3,(H2,17,18,19,21). The summed E-state index contributed by atoms with van der Waals surface area (Å²) < 4.78 is 15.7. The number of urea groups is 1. The molecule has 0 spiro atoms. The average molecular weight is 331 g/mol. The number of hydrogen-bond donors (Lipinski definition) is 2. The maximum absolute atomic E-state index is 12.2. The van der Waals surface area contributed by atoms with Crippen LogP contribution in [0.15, 0.2) is 18.2 Å². The molecule has 1 aromatic carbocycles. The van der Waals surface area contributed by atoms with E-state index in [2.05, 4.69) is 15.6 Å². The Morgan fingerprint density at radius 2 is 1.96 bits per heavy atom. The van der Waals surface area contributed by atoms with E-state index in [4.69, 9.17) is 14.2 Å². The van der Waals surface area contributed by atoms with Gasteiger partial charge in [0.2, 0.25) is 6.79 Å². The van der Waals surface area contributed by atoms with Crippen LogP contribution in [0.3, 0.4) is 0 Å². The Morgan fingerprint density at radius 1 is 1.21 bits per heavy atom. The fourth-order valence-electron chi connectivity index (χ4n) is 2.34. The molecule has 8 heteroatoms. The molecule has 0 radical (unpaired) electrons. The van der Waals surface area contributed by atoms with Gasteiger partial charge in [-0.05, 0) is 26.0 Å². The van der Waals surface area contributed by atoms with Crippen LogP contribution in [-0.4, -0.2) is 36.9 Å². The number of amides is 2. The van der Waals surface area contributed by atoms with Gasteiger partial charge in [0.25, 0.3) is 0 Å². The van der Waals surface area contributed by atoms with Crippen molar-refractivity contribution in [2.45, 2.75) is 13.8 Å². The highest BCUT2D eigenvalue weighted by Crippen LogP contribution is 2.36. The first-order valence-corrected chi connectivity index (χ1v) is 7.58. The molecular weight excluding hydrogens is 314 g/mol. The molecule has 0 saturated carbocycles. The third-order valence-electron chi connectivity index (χ3n) is 3.37. The van der Waals surface area contributed by atoms with Gasteiger partial charge in [-0.25, -0.2) is 14.6 Å². The van der Waals surface area contributed by atoms with Gasteiger partial charge < -0.3 is 19.5 Å². The molecule has 0 unspecified atom stereocenters. The molecule has 24 heavy (non-hydrogen) atoms. The van der Waals surface area contributed by atoms with Crippen LogP contribution >= 0.6 is 0 Å². The fourth-order valence-corrected chi connectivity index (χ4v) is 2.34. The summed E-state index contributed by atoms with van der Waals surface area (Å²) in [6.45, 7) is 4.31. The highest BCUT2D eigenvalue weighted by Gasteiger charge is 2.20. The van der Waals surface area contributed by atoms with E-state index in [1.807, 2.05) is 0 Å². The monoisotopic (exact) mass is 331 g/mol. The zero-order chi connectivity index (χ0) is 17.1. The summed E-state index contributed by atoms with van der Waals surface area (Å²) in [6.07, 6.45) is 0. The predicted molar refractivity (Wildman–Crippen MR) is 86.5 cm³/mol. The number of rotatable bonds is 4. The largest absolute Gasteiger partial charge is 0.462 e. The third-order valence-corrected chi connectivity index (χ3v) is 3.37. The second-order valence-corrected chi connectivity index (χ2v) is 4.99. The molecule has 0 aliphatic carbocycles. The molecule has 2 heterocycles. The molecule has 8 nitrogen and oxygen atoms in total. The Morgan fingerprint density at radius 3 is 2.67 bits per heavy atom. The molecule has 1 aliphatic heterocycles. The number of benzene rings is 1. The van der Waals surface area contributed by atoms with E-state index in [1.54, 1.807) is 32.0 Å². The molecule has 0 fully saturated rings. The molecule has 1 aromatic heterocycles. The van der Waals surface area contributed by atoms with Gasteiger partial charge in [-0.3, -0.25) is 5.32 Å². The Bertz CT molecular complexity index is 806. The number of carbonyl (C=O) groups is 2. The molecule has 0 bridgehead atoms. The minimum atomic E-state index is -0.559. The first kappa shape index (κ1) is 15.9. The van der Waals surface area contributed by atoms with E-state index in [1.165, 1.54) is 0 Å². The van der Waals surface area contributed by atoms with E-state index in [0.29, 0.717) is 28.9 Å². The highest BCUT2D eigenvalue weighted by atomic mass is 16.7. The SMILES string of the molecule is CCNC(=O)Nc1nc2cc3c(cc2cc1C(=O)OCC)OCO3. The van der Waals surface area contributed by atoms with Crippen molar-refractivity contribution in [2.24, 2.45) is 0 Å². The molecule has 2 N–H and O–H groups in total. The van der Waals surface area contributed by atoms with Gasteiger partial charge >= 0.3 is 12.0 Å². The summed E-state index contributed by atoms with van der Waals surface area (Å²) in [4.78, 5) is 28.4. The topological polar surface area (TPSA) is 98.8 Å². The number of nitrogens with zero attached hydrogens (tertiary/aromatic N) is 1. The van der Waals surface area contributed by atoms with Crippen LogP contribution < -0.4 is 20.1 Å². The number of anilines is 1. The molecule has 2 amide bonds. The van der Waals surface area contributed by atoms with Crippen molar-refractivity contribution in [1.82, 2.24) is 10.3 Å². The molecule has 0 saturated heterocycles. The summed E-state index contributed by atoms with van der Waals surface area (Å²) in [5.41, 5.74) is 0.744. The number of ether oxygens (including phenoxy) is 3. The maximum atomic E-state index is 12.2. The van der Waals surface area contributed by atoms with Gasteiger partial charge in [0.1, 0.15) is 11.4 Å². The number of fused-ring (bicyclic) bond motifs is 2. The lowest BCUT2D eigenvalue weighted by Crippen LogP contribution is -2.29. The van der Waals surface area contributed by atoms with Crippen molar-refractivity contribution in [2.75, 3.05) is 25.3 Å². The van der Waals surface area contributed by atoms with Crippen LogP contribution in [-0.2, 0) is 4.74 Å². The summed E-state index contributed by atoms with van der Waals surface area (Å²) in [7, 11) is 0. The second-order valence-electron chi connectivity index (χ2n) is 4.99. The normalized spacial score (nSPS) is 12.1. The third kappa shape index (κ3) is 3.03. The zero-order valence-electron chi connectivity index (χ0n) is 13.3. The zero-order valence-corrected chi connectivity index (χ0v) is 13.3. The Kier molecular flexibility index (Phi) is 4.37. The predicted octanol–water partition coefficient (Wildman–Crippen LogP) is 2.28. The lowest BCUT2D eigenvalue weighted by Gasteiger charge is -2.12. The van der Waals surface area contributed by atoms with Crippen molar-refractivity contribution in [3.05, 3.63) is 23.8 Å². The first-order chi connectivity index (χ1) is 11.6. The van der Waals surface area contributed by atoms with E-state index >= 15 is 0 Å². The number of pyridine rings is 1. The van der Waals surface area contributed by atoms with Gasteiger partial charge in [0.15, 0.2) is 11.5 Å². The van der Waals surface area contributed by atoms with Crippen molar-refractivity contribution in [1.29, 1.82) is 0 Å². The van der Waals surface area contributed by atoms with Gasteiger partial charge in [-0.2, -0.15) is 0 Å². The van der Waals surface area contributed by atoms with Crippen LogP contribution in [0.25, 0.3) is 10.9 Å². The van der Waals surface area contributed by atoms with Crippen molar-refractivity contribution < 1.29 is 23.8 Å². The van der Waals surface area contributed by atoms with Gasteiger partial charge in [0, 0.05) is 18.0 Å². The molecule has 126 valence electrons. The van der Waals surface area contributed by atoms with Crippen LogP contribution in [0.2, 0.25) is 0 Å². The average Bonchev–Trinajstić information content (AvgIpc) is 2.99. The summed E-state index contributed by atoms with van der Waals surface area (Å²) >= 11 is 0. The van der Waals surface area contributed by atoms with E-state index in [-0.39, 0.29) is 24.8 Å². The van der Waals surface area contributed by atoms with Crippen LogP contribution in [0.5, 0.6) is 11.5 Å². The van der Waals surface area contributed by atoms with Gasteiger partial charge in [0.05, 0.1) is 12.1 Å².